The molecule has 0 radical (unpaired) electrons. The molecule has 0 atom stereocenters. The fourth-order valence-corrected chi connectivity index (χ4v) is 0.778. The van der Waals surface area contributed by atoms with E-state index in [2.05, 4.69) is 4.99 Å². The summed E-state index contributed by atoms with van der Waals surface area (Å²) >= 11 is 0. The molecular formula is C7H7NO2. The Balaban J connectivity index is 3.14. The highest BCUT2D eigenvalue weighted by Gasteiger charge is 2.00. The number of aryl methyl sites for hydroxylation is 2. The second-order valence-electron chi connectivity index (χ2n) is 2.00. The third-order valence-electron chi connectivity index (χ3n) is 1.18. The number of rotatable bonds is 1. The highest BCUT2D eigenvalue weighted by atomic mass is 16.3. The predicted octanol–water partition coefficient (Wildman–Crippen LogP) is 1.86. The van der Waals surface area contributed by atoms with Gasteiger partial charge in [-0.2, -0.15) is 4.99 Å². The first kappa shape index (κ1) is 6.78. The van der Waals surface area contributed by atoms with Crippen molar-refractivity contribution in [2.24, 2.45) is 4.99 Å². The molecule has 3 nitrogen and oxygen atoms in total. The van der Waals surface area contributed by atoms with E-state index in [0.717, 1.165) is 5.76 Å². The molecule has 0 aliphatic rings. The summed E-state index contributed by atoms with van der Waals surface area (Å²) in [7, 11) is 0. The molecule has 0 amide bonds. The van der Waals surface area contributed by atoms with E-state index < -0.39 is 0 Å². The number of nitrogens with zero attached hydrogens (tertiary/aromatic N) is 1. The third kappa shape index (κ3) is 1.14. The van der Waals surface area contributed by atoms with Crippen molar-refractivity contribution in [2.45, 2.75) is 13.8 Å². The molecule has 0 N–H and O–H groups in total. The van der Waals surface area contributed by atoms with Crippen molar-refractivity contribution in [3.8, 4) is 0 Å². The molecular weight excluding hydrogens is 130 g/mol. The Kier molecular flexibility index (Phi) is 1.69. The summed E-state index contributed by atoms with van der Waals surface area (Å²) in [6.07, 6.45) is 1.45. The van der Waals surface area contributed by atoms with Crippen LogP contribution in [0.5, 0.6) is 0 Å². The molecule has 0 aliphatic heterocycles. The van der Waals surface area contributed by atoms with Crippen molar-refractivity contribution in [1.29, 1.82) is 0 Å². The van der Waals surface area contributed by atoms with Crippen LogP contribution in [0.4, 0.5) is 5.69 Å². The lowest BCUT2D eigenvalue weighted by Crippen LogP contribution is -1.59. The van der Waals surface area contributed by atoms with Crippen molar-refractivity contribution in [1.82, 2.24) is 0 Å². The number of hydrogen-bond donors (Lipinski definition) is 0. The van der Waals surface area contributed by atoms with E-state index in [1.807, 2.05) is 0 Å². The van der Waals surface area contributed by atoms with Gasteiger partial charge >= 0.3 is 0 Å². The molecule has 0 aromatic carbocycles. The molecule has 0 saturated heterocycles. The fraction of sp³-hybridized carbons (Fsp3) is 0.286. The molecule has 1 heterocycles. The minimum Gasteiger partial charge on any atom is -0.464 e. The summed E-state index contributed by atoms with van der Waals surface area (Å²) in [5.74, 6) is 1.41. The van der Waals surface area contributed by atoms with E-state index in [4.69, 9.17) is 4.42 Å². The minimum atomic E-state index is 0.563. The Labute approximate surface area is 58.4 Å². The van der Waals surface area contributed by atoms with E-state index in [1.165, 1.54) is 6.08 Å². The third-order valence-corrected chi connectivity index (χ3v) is 1.18. The first-order valence-electron chi connectivity index (χ1n) is 2.89. The highest BCUT2D eigenvalue weighted by molar-refractivity contribution is 5.51. The van der Waals surface area contributed by atoms with Crippen LogP contribution >= 0.6 is 0 Å². The smallest absolute Gasteiger partial charge is 0.240 e. The van der Waals surface area contributed by atoms with E-state index >= 15 is 0 Å². The number of furan rings is 1. The number of isocyanates is 1. The van der Waals surface area contributed by atoms with Gasteiger partial charge in [0.05, 0.1) is 0 Å². The number of carbonyl (C=O) groups excluding carboxylic acids is 1. The molecule has 0 unspecified atom stereocenters. The van der Waals surface area contributed by atoms with Crippen molar-refractivity contribution in [2.75, 3.05) is 0 Å². The normalized spacial score (nSPS) is 9.00. The first-order valence-corrected chi connectivity index (χ1v) is 2.89. The Morgan fingerprint density at radius 2 is 2.30 bits per heavy atom. The van der Waals surface area contributed by atoms with Crippen LogP contribution in [0.15, 0.2) is 15.5 Å². The number of hydrogen-bond acceptors (Lipinski definition) is 3. The average Bonchev–Trinajstić information content (AvgIpc) is 2.13. The highest BCUT2D eigenvalue weighted by Crippen LogP contribution is 2.21. The van der Waals surface area contributed by atoms with Gasteiger partial charge in [-0.15, -0.1) is 0 Å². The predicted molar refractivity (Wildman–Crippen MR) is 36.0 cm³/mol. The topological polar surface area (TPSA) is 42.6 Å². The fourth-order valence-electron chi connectivity index (χ4n) is 0.778. The Hall–Kier alpha value is -1.34. The van der Waals surface area contributed by atoms with E-state index in [1.54, 1.807) is 19.9 Å². The molecule has 10 heavy (non-hydrogen) atoms. The summed E-state index contributed by atoms with van der Waals surface area (Å²) in [5, 5.41) is 0. The molecule has 52 valence electrons. The Bertz CT molecular complexity index is 282. The van der Waals surface area contributed by atoms with Gasteiger partial charge in [-0.3, -0.25) is 0 Å². The summed E-state index contributed by atoms with van der Waals surface area (Å²) < 4.78 is 5.09. The maximum Gasteiger partial charge on any atom is 0.240 e. The van der Waals surface area contributed by atoms with Gasteiger partial charge in [0.1, 0.15) is 17.2 Å². The molecule has 0 fully saturated rings. The zero-order valence-electron chi connectivity index (χ0n) is 5.84. The van der Waals surface area contributed by atoms with Crippen LogP contribution in [-0.2, 0) is 4.79 Å². The SMILES string of the molecule is Cc1cc(N=C=O)c(C)o1. The van der Waals surface area contributed by atoms with Crippen LogP contribution < -0.4 is 0 Å². The molecule has 0 aliphatic carbocycles. The summed E-state index contributed by atoms with van der Waals surface area (Å²) in [6, 6.07) is 1.69. The lowest BCUT2D eigenvalue weighted by molar-refractivity contribution is 0.505. The van der Waals surface area contributed by atoms with Gasteiger partial charge in [-0.05, 0) is 13.8 Å². The van der Waals surface area contributed by atoms with Crippen LogP contribution in [0.1, 0.15) is 11.5 Å². The van der Waals surface area contributed by atoms with Crippen LogP contribution in [0.25, 0.3) is 0 Å². The Morgan fingerprint density at radius 3 is 2.70 bits per heavy atom. The van der Waals surface area contributed by atoms with Crippen LogP contribution in [0.2, 0.25) is 0 Å². The van der Waals surface area contributed by atoms with Crippen LogP contribution in [-0.4, -0.2) is 6.08 Å². The zero-order valence-corrected chi connectivity index (χ0v) is 5.84. The summed E-state index contributed by atoms with van der Waals surface area (Å²) in [4.78, 5) is 13.2. The first-order chi connectivity index (χ1) is 4.74. The van der Waals surface area contributed by atoms with Gasteiger partial charge in [0.15, 0.2) is 0 Å². The maximum atomic E-state index is 9.80. The van der Waals surface area contributed by atoms with E-state index in [9.17, 15) is 4.79 Å². The van der Waals surface area contributed by atoms with Gasteiger partial charge in [0, 0.05) is 6.07 Å². The summed E-state index contributed by atoms with van der Waals surface area (Å²) in [6.45, 7) is 3.56. The zero-order chi connectivity index (χ0) is 7.56. The second-order valence-corrected chi connectivity index (χ2v) is 2.00. The molecule has 0 saturated carbocycles. The van der Waals surface area contributed by atoms with Crippen molar-refractivity contribution >= 4 is 11.8 Å². The molecule has 1 aromatic heterocycles. The maximum absolute atomic E-state index is 9.80. The minimum absolute atomic E-state index is 0.563. The van der Waals surface area contributed by atoms with E-state index in [0.29, 0.717) is 11.4 Å². The monoisotopic (exact) mass is 137 g/mol. The van der Waals surface area contributed by atoms with Crippen LogP contribution in [0, 0.1) is 13.8 Å². The van der Waals surface area contributed by atoms with Crippen molar-refractivity contribution in [3.63, 3.8) is 0 Å². The second kappa shape index (κ2) is 2.50. The lowest BCUT2D eigenvalue weighted by atomic mass is 10.4. The van der Waals surface area contributed by atoms with Crippen LogP contribution in [0.3, 0.4) is 0 Å². The van der Waals surface area contributed by atoms with Gasteiger partial charge in [-0.25, -0.2) is 4.79 Å². The number of aliphatic imine (C=N–C) groups is 1. The molecule has 1 aromatic rings. The lowest BCUT2D eigenvalue weighted by Gasteiger charge is -1.80. The standard InChI is InChI=1S/C7H7NO2/c1-5-3-7(8-4-9)6(2)10-5/h3H,1-2H3. The molecule has 0 bridgehead atoms. The van der Waals surface area contributed by atoms with Crippen molar-refractivity contribution < 1.29 is 9.21 Å². The van der Waals surface area contributed by atoms with Gasteiger partial charge < -0.3 is 4.42 Å². The molecule has 3 heteroatoms. The Morgan fingerprint density at radius 1 is 1.60 bits per heavy atom. The quantitative estimate of drug-likeness (QED) is 0.438. The molecule has 1 rings (SSSR count). The van der Waals surface area contributed by atoms with Gasteiger partial charge in [0.2, 0.25) is 6.08 Å². The van der Waals surface area contributed by atoms with Gasteiger partial charge in [-0.1, -0.05) is 0 Å². The average molecular weight is 137 g/mol. The largest absolute Gasteiger partial charge is 0.464 e. The van der Waals surface area contributed by atoms with E-state index in [-0.39, 0.29) is 0 Å². The van der Waals surface area contributed by atoms with Gasteiger partial charge in [0.25, 0.3) is 0 Å². The molecule has 0 spiro atoms. The summed E-state index contributed by atoms with van der Waals surface area (Å²) in [5.41, 5.74) is 0.563. The van der Waals surface area contributed by atoms with Crippen molar-refractivity contribution in [3.05, 3.63) is 17.6 Å².